The lowest BCUT2D eigenvalue weighted by molar-refractivity contribution is 0.168. The Hall–Kier alpha value is -3.28. The molecule has 0 bridgehead atoms. The van der Waals surface area contributed by atoms with Crippen LogP contribution in [0.1, 0.15) is 39.2 Å². The van der Waals surface area contributed by atoms with E-state index in [0.29, 0.717) is 42.0 Å². The molecule has 4 heterocycles. The molecule has 1 aliphatic rings. The molecule has 0 spiro atoms. The van der Waals surface area contributed by atoms with E-state index < -0.39 is 15.9 Å². The van der Waals surface area contributed by atoms with Gasteiger partial charge in [-0.25, -0.2) is 23.4 Å². The number of aliphatic hydroxyl groups excluding tert-OH is 1. The van der Waals surface area contributed by atoms with Gasteiger partial charge in [-0.1, -0.05) is 31.5 Å². The molecule has 1 saturated heterocycles. The predicted octanol–water partition coefficient (Wildman–Crippen LogP) is 4.66. The van der Waals surface area contributed by atoms with Crippen molar-refractivity contribution in [1.82, 2.24) is 24.7 Å². The first kappa shape index (κ1) is 28.3. The first-order valence-electron chi connectivity index (χ1n) is 13.3. The van der Waals surface area contributed by atoms with Crippen LogP contribution in [0.2, 0.25) is 5.15 Å². The third-order valence-electron chi connectivity index (χ3n) is 7.29. The Kier molecular flexibility index (Phi) is 7.73. The van der Waals surface area contributed by atoms with Crippen LogP contribution in [-0.4, -0.2) is 69.0 Å². The molecule has 2 N–H and O–H groups in total. The Morgan fingerprint density at radius 2 is 1.93 bits per heavy atom. The fraction of sp³-hybridized carbons (Fsp3) is 0.429. The second kappa shape index (κ2) is 10.9. The number of hydrogen-bond acceptors (Lipinski definition) is 9. The van der Waals surface area contributed by atoms with Gasteiger partial charge in [0.25, 0.3) is 0 Å². The zero-order valence-corrected chi connectivity index (χ0v) is 24.8. The van der Waals surface area contributed by atoms with Crippen LogP contribution in [0, 0.1) is 5.92 Å². The van der Waals surface area contributed by atoms with Crippen LogP contribution >= 0.6 is 11.6 Å². The van der Waals surface area contributed by atoms with Gasteiger partial charge in [-0.15, -0.1) is 0 Å². The lowest BCUT2D eigenvalue weighted by atomic mass is 9.88. The van der Waals surface area contributed by atoms with E-state index in [-0.39, 0.29) is 22.9 Å². The van der Waals surface area contributed by atoms with Crippen molar-refractivity contribution < 1.29 is 13.5 Å². The highest BCUT2D eigenvalue weighted by molar-refractivity contribution is 7.90. The Labute approximate surface area is 239 Å². The molecular formula is C28H34ClN7O3S. The fourth-order valence-electron chi connectivity index (χ4n) is 5.26. The second-order valence-electron chi connectivity index (χ2n) is 11.0. The summed E-state index contributed by atoms with van der Waals surface area (Å²) in [5, 5.41) is 19.6. The van der Waals surface area contributed by atoms with Crippen molar-refractivity contribution >= 4 is 49.5 Å². The van der Waals surface area contributed by atoms with Crippen LogP contribution in [0.4, 0.5) is 17.3 Å². The number of fused-ring (bicyclic) bond motifs is 1. The normalized spacial score (nSPS) is 18.2. The quantitative estimate of drug-likeness (QED) is 0.289. The van der Waals surface area contributed by atoms with E-state index in [1.165, 1.54) is 11.8 Å². The van der Waals surface area contributed by atoms with Crippen molar-refractivity contribution in [3.05, 3.63) is 53.6 Å². The summed E-state index contributed by atoms with van der Waals surface area (Å²) in [6.07, 6.45) is 5.97. The second-order valence-corrected chi connectivity index (χ2v) is 13.5. The number of anilines is 3. The molecule has 40 heavy (non-hydrogen) atoms. The maximum absolute atomic E-state index is 11.8. The largest absolute Gasteiger partial charge is 0.391 e. The standard InChI is InChI=1S/C28H34ClN7O3S/c1-16(2)20-6-7-24(36-13-19(18(36)4)15-40(5,38)39)22-11-31-26(10-21(20)22)32-25-8-9-30-28(33-25)23-14-35(12-17(3)37)34-27(23)29/h6-11,14,16-19,37H,12-13,15H2,1-5H3,(H,30,31,32,33)/t17?,18-,19-/m1/s1. The average Bonchev–Trinajstić information content (AvgIpc) is 3.24. The summed E-state index contributed by atoms with van der Waals surface area (Å²) in [6.45, 7) is 9.10. The Morgan fingerprint density at radius 1 is 1.15 bits per heavy atom. The van der Waals surface area contributed by atoms with Crippen molar-refractivity contribution in [3.8, 4) is 11.4 Å². The minimum absolute atomic E-state index is 0.114. The van der Waals surface area contributed by atoms with Crippen LogP contribution in [0.3, 0.4) is 0 Å². The van der Waals surface area contributed by atoms with Crippen molar-refractivity contribution in [2.45, 2.75) is 52.3 Å². The number of halogens is 1. The smallest absolute Gasteiger partial charge is 0.166 e. The molecule has 1 aromatic carbocycles. The molecule has 0 radical (unpaired) electrons. The third-order valence-corrected chi connectivity index (χ3v) is 8.60. The molecular weight excluding hydrogens is 550 g/mol. The highest BCUT2D eigenvalue weighted by Gasteiger charge is 2.38. The van der Waals surface area contributed by atoms with E-state index in [2.05, 4.69) is 58.2 Å². The topological polar surface area (TPSA) is 126 Å². The number of nitrogens with zero attached hydrogens (tertiary/aromatic N) is 6. The molecule has 0 amide bonds. The van der Waals surface area contributed by atoms with Crippen molar-refractivity contribution in [3.63, 3.8) is 0 Å². The highest BCUT2D eigenvalue weighted by Crippen LogP contribution is 2.39. The molecule has 10 nitrogen and oxygen atoms in total. The van der Waals surface area contributed by atoms with E-state index in [4.69, 9.17) is 16.6 Å². The van der Waals surface area contributed by atoms with Crippen LogP contribution in [0.15, 0.2) is 42.9 Å². The van der Waals surface area contributed by atoms with E-state index in [1.54, 1.807) is 30.1 Å². The summed E-state index contributed by atoms with van der Waals surface area (Å²) in [5.41, 5.74) is 2.83. The summed E-state index contributed by atoms with van der Waals surface area (Å²) in [7, 11) is -3.03. The number of rotatable bonds is 9. The Morgan fingerprint density at radius 3 is 2.60 bits per heavy atom. The van der Waals surface area contributed by atoms with Gasteiger partial charge in [0.2, 0.25) is 0 Å². The Bertz CT molecular complexity index is 1660. The number of hydrogen-bond donors (Lipinski definition) is 2. The van der Waals surface area contributed by atoms with Crippen molar-refractivity contribution in [1.29, 1.82) is 0 Å². The molecule has 5 rings (SSSR count). The number of pyridine rings is 1. The minimum atomic E-state index is -3.03. The van der Waals surface area contributed by atoms with Crippen LogP contribution < -0.4 is 10.2 Å². The van der Waals surface area contributed by atoms with E-state index >= 15 is 0 Å². The molecule has 3 atom stereocenters. The van der Waals surface area contributed by atoms with E-state index in [0.717, 1.165) is 16.5 Å². The summed E-state index contributed by atoms with van der Waals surface area (Å²) in [4.78, 5) is 15.9. The summed E-state index contributed by atoms with van der Waals surface area (Å²) < 4.78 is 25.2. The van der Waals surface area contributed by atoms with Crippen LogP contribution in [0.5, 0.6) is 0 Å². The van der Waals surface area contributed by atoms with Gasteiger partial charge in [0.1, 0.15) is 21.5 Å². The van der Waals surface area contributed by atoms with Gasteiger partial charge in [-0.3, -0.25) is 4.68 Å². The molecule has 1 aliphatic heterocycles. The van der Waals surface area contributed by atoms with Gasteiger partial charge < -0.3 is 15.3 Å². The zero-order chi connectivity index (χ0) is 28.8. The number of benzene rings is 1. The van der Waals surface area contributed by atoms with Crippen molar-refractivity contribution in [2.24, 2.45) is 5.92 Å². The molecule has 0 aliphatic carbocycles. The average molecular weight is 584 g/mol. The number of sulfone groups is 1. The first-order chi connectivity index (χ1) is 18.9. The minimum Gasteiger partial charge on any atom is -0.391 e. The van der Waals surface area contributed by atoms with Crippen LogP contribution in [-0.2, 0) is 16.4 Å². The lowest BCUT2D eigenvalue weighted by Gasteiger charge is -2.48. The SMILES string of the molecule is CC(O)Cn1cc(-c2nccc(Nc3cc4c(C(C)C)ccc(N5C[C@H](CS(C)(=O)=O)[C@H]5C)c4cn3)n2)c(Cl)n1. The number of aromatic nitrogens is 5. The molecule has 212 valence electrons. The van der Waals surface area contributed by atoms with E-state index in [1.807, 2.05) is 12.3 Å². The lowest BCUT2D eigenvalue weighted by Crippen LogP contribution is -2.57. The fourth-order valence-corrected chi connectivity index (χ4v) is 6.65. The van der Waals surface area contributed by atoms with Crippen molar-refractivity contribution in [2.75, 3.05) is 28.8 Å². The summed E-state index contributed by atoms with van der Waals surface area (Å²) >= 11 is 6.34. The molecule has 4 aromatic rings. The predicted molar refractivity (Wildman–Crippen MR) is 159 cm³/mol. The first-order valence-corrected chi connectivity index (χ1v) is 15.7. The molecule has 12 heteroatoms. The number of nitrogens with one attached hydrogen (secondary N) is 1. The summed E-state index contributed by atoms with van der Waals surface area (Å²) in [5.74, 6) is 2.21. The monoisotopic (exact) mass is 583 g/mol. The molecule has 3 aromatic heterocycles. The van der Waals surface area contributed by atoms with E-state index in [9.17, 15) is 13.5 Å². The van der Waals surface area contributed by atoms with Gasteiger partial charge in [-0.05, 0) is 48.9 Å². The van der Waals surface area contributed by atoms with Gasteiger partial charge in [0.15, 0.2) is 11.0 Å². The molecule has 1 unspecified atom stereocenters. The van der Waals surface area contributed by atoms with Crippen LogP contribution in [0.25, 0.3) is 22.2 Å². The highest BCUT2D eigenvalue weighted by atomic mass is 35.5. The maximum Gasteiger partial charge on any atom is 0.166 e. The third kappa shape index (κ3) is 5.91. The molecule has 1 fully saturated rings. The maximum atomic E-state index is 11.8. The zero-order valence-electron chi connectivity index (χ0n) is 23.2. The summed E-state index contributed by atoms with van der Waals surface area (Å²) in [6, 6.07) is 8.18. The van der Waals surface area contributed by atoms with Gasteiger partial charge in [0.05, 0.1) is 24.0 Å². The molecule has 0 saturated carbocycles. The van der Waals surface area contributed by atoms with Gasteiger partial charge >= 0.3 is 0 Å². The van der Waals surface area contributed by atoms with Gasteiger partial charge in [0, 0.05) is 54.4 Å². The Balaban J connectivity index is 1.44. The van der Waals surface area contributed by atoms with Gasteiger partial charge in [-0.2, -0.15) is 5.10 Å². The number of aliphatic hydroxyl groups is 1.